The third kappa shape index (κ3) is 2.05. The maximum absolute atomic E-state index is 3.01. The Bertz CT molecular complexity index is 226. The highest BCUT2D eigenvalue weighted by atomic mass is 14.8. The second kappa shape index (κ2) is 3.72. The maximum Gasteiger partial charge on any atom is 0.0817 e. The van der Waals surface area contributed by atoms with Crippen molar-refractivity contribution in [1.82, 2.24) is 10.6 Å². The average molecular weight is 148 g/mol. The van der Waals surface area contributed by atoms with Crippen molar-refractivity contribution >= 4 is 0 Å². The molecule has 2 N–H and O–H groups in total. The summed E-state index contributed by atoms with van der Waals surface area (Å²) < 4.78 is 0. The van der Waals surface area contributed by atoms with Gasteiger partial charge in [-0.25, -0.2) is 0 Å². The van der Waals surface area contributed by atoms with Gasteiger partial charge in [0, 0.05) is 14.1 Å². The monoisotopic (exact) mass is 148 g/mol. The molecule has 0 aliphatic heterocycles. The zero-order valence-electron chi connectivity index (χ0n) is 6.86. The molecular formula is C9H12N2. The Balaban J connectivity index is 2.73. The molecule has 1 aliphatic carbocycles. The summed E-state index contributed by atoms with van der Waals surface area (Å²) in [5.41, 5.74) is 1.98. The lowest BCUT2D eigenvalue weighted by atomic mass is 10.3. The van der Waals surface area contributed by atoms with E-state index in [-0.39, 0.29) is 0 Å². The smallest absolute Gasteiger partial charge is 0.0817 e. The number of allylic oxidation sites excluding steroid dienone is 4. The van der Waals surface area contributed by atoms with Crippen molar-refractivity contribution < 1.29 is 0 Å². The molecule has 0 heterocycles. The van der Waals surface area contributed by atoms with E-state index >= 15 is 0 Å². The number of hydrogen-bond donors (Lipinski definition) is 2. The van der Waals surface area contributed by atoms with Crippen molar-refractivity contribution in [2.45, 2.75) is 6.42 Å². The molecule has 1 rings (SSSR count). The van der Waals surface area contributed by atoms with Crippen molar-refractivity contribution in [3.63, 3.8) is 0 Å². The fraction of sp³-hybridized carbons (Fsp3) is 0.333. The molecule has 0 aromatic rings. The van der Waals surface area contributed by atoms with E-state index in [0.29, 0.717) is 0 Å². The summed E-state index contributed by atoms with van der Waals surface area (Å²) in [5.74, 6) is 6.00. The van der Waals surface area contributed by atoms with E-state index in [4.69, 9.17) is 0 Å². The molecule has 0 unspecified atom stereocenters. The fourth-order valence-corrected chi connectivity index (χ4v) is 0.860. The van der Waals surface area contributed by atoms with Crippen molar-refractivity contribution in [3.8, 4) is 11.8 Å². The topological polar surface area (TPSA) is 24.1 Å². The van der Waals surface area contributed by atoms with Crippen LogP contribution in [0.4, 0.5) is 0 Å². The van der Waals surface area contributed by atoms with Crippen molar-refractivity contribution in [2.24, 2.45) is 0 Å². The Kier molecular flexibility index (Phi) is 2.62. The fourth-order valence-electron chi connectivity index (χ4n) is 0.860. The lowest BCUT2D eigenvalue weighted by molar-refractivity contribution is 1.03. The van der Waals surface area contributed by atoms with Gasteiger partial charge in [0.2, 0.25) is 0 Å². The standard InChI is InChI=1S/C9H12N2/c1-10-8-4-3-5-9(11-2)7-6-8/h4-5,10-11H,3H2,1-2H3. The summed E-state index contributed by atoms with van der Waals surface area (Å²) in [6, 6.07) is 0. The van der Waals surface area contributed by atoms with Gasteiger partial charge in [0.1, 0.15) is 0 Å². The zero-order chi connectivity index (χ0) is 8.10. The predicted molar refractivity (Wildman–Crippen MR) is 46.7 cm³/mol. The predicted octanol–water partition coefficient (Wildman–Crippen LogP) is 0.600. The summed E-state index contributed by atoms with van der Waals surface area (Å²) in [7, 11) is 3.76. The van der Waals surface area contributed by atoms with Gasteiger partial charge >= 0.3 is 0 Å². The van der Waals surface area contributed by atoms with E-state index in [1.807, 2.05) is 14.1 Å². The molecule has 0 amide bonds. The highest BCUT2D eigenvalue weighted by molar-refractivity contribution is 5.39. The van der Waals surface area contributed by atoms with Crippen LogP contribution < -0.4 is 10.6 Å². The van der Waals surface area contributed by atoms with Crippen LogP contribution in [-0.2, 0) is 0 Å². The van der Waals surface area contributed by atoms with Crippen molar-refractivity contribution in [2.75, 3.05) is 14.1 Å². The van der Waals surface area contributed by atoms with Crippen LogP contribution in [-0.4, -0.2) is 14.1 Å². The van der Waals surface area contributed by atoms with Gasteiger partial charge in [0.05, 0.1) is 11.4 Å². The average Bonchev–Trinajstić information content (AvgIpc) is 2.28. The molecule has 0 fully saturated rings. The number of nitrogens with one attached hydrogen (secondary N) is 2. The molecule has 2 heteroatoms. The van der Waals surface area contributed by atoms with E-state index in [1.165, 1.54) is 0 Å². The third-order valence-corrected chi connectivity index (χ3v) is 1.51. The molecule has 2 nitrogen and oxygen atoms in total. The first kappa shape index (κ1) is 7.74. The minimum Gasteiger partial charge on any atom is -0.382 e. The molecule has 0 spiro atoms. The normalized spacial score (nSPS) is 15.1. The quantitative estimate of drug-likeness (QED) is 0.560. The summed E-state index contributed by atoms with van der Waals surface area (Å²) in [6.45, 7) is 0. The molecule has 0 saturated heterocycles. The summed E-state index contributed by atoms with van der Waals surface area (Å²) in [5, 5.41) is 6.03. The molecular weight excluding hydrogens is 136 g/mol. The zero-order valence-corrected chi connectivity index (χ0v) is 6.86. The second-order valence-corrected chi connectivity index (χ2v) is 2.22. The summed E-state index contributed by atoms with van der Waals surface area (Å²) in [6.07, 6.45) is 5.06. The number of rotatable bonds is 2. The van der Waals surface area contributed by atoms with Gasteiger partial charge in [0.15, 0.2) is 0 Å². The van der Waals surface area contributed by atoms with Crippen LogP contribution in [0.3, 0.4) is 0 Å². The van der Waals surface area contributed by atoms with E-state index in [2.05, 4.69) is 34.6 Å². The molecule has 0 atom stereocenters. The highest BCUT2D eigenvalue weighted by Crippen LogP contribution is 1.99. The number of hydrogen-bond acceptors (Lipinski definition) is 2. The van der Waals surface area contributed by atoms with Gasteiger partial charge in [-0.15, -0.1) is 0 Å². The van der Waals surface area contributed by atoms with E-state index in [9.17, 15) is 0 Å². The van der Waals surface area contributed by atoms with E-state index in [0.717, 1.165) is 17.8 Å². The van der Waals surface area contributed by atoms with Gasteiger partial charge in [-0.1, -0.05) is 0 Å². The Labute approximate surface area is 67.4 Å². The maximum atomic E-state index is 3.01. The molecule has 11 heavy (non-hydrogen) atoms. The van der Waals surface area contributed by atoms with Gasteiger partial charge < -0.3 is 10.6 Å². The molecule has 0 saturated carbocycles. The lowest BCUT2D eigenvalue weighted by Gasteiger charge is -1.92. The van der Waals surface area contributed by atoms with Crippen LogP contribution in [0.5, 0.6) is 0 Å². The van der Waals surface area contributed by atoms with Crippen LogP contribution in [0.1, 0.15) is 6.42 Å². The largest absolute Gasteiger partial charge is 0.382 e. The molecule has 1 aliphatic rings. The first-order valence-electron chi connectivity index (χ1n) is 3.64. The Morgan fingerprint density at radius 3 is 1.91 bits per heavy atom. The van der Waals surface area contributed by atoms with Crippen molar-refractivity contribution in [1.29, 1.82) is 0 Å². The van der Waals surface area contributed by atoms with Crippen LogP contribution in [0.2, 0.25) is 0 Å². The van der Waals surface area contributed by atoms with Crippen molar-refractivity contribution in [3.05, 3.63) is 23.5 Å². The van der Waals surface area contributed by atoms with Gasteiger partial charge in [-0.3, -0.25) is 0 Å². The second-order valence-electron chi connectivity index (χ2n) is 2.22. The van der Waals surface area contributed by atoms with Gasteiger partial charge in [-0.2, -0.15) is 0 Å². The molecule has 0 bridgehead atoms. The Hall–Kier alpha value is -1.36. The van der Waals surface area contributed by atoms with Crippen LogP contribution in [0, 0.1) is 11.8 Å². The van der Waals surface area contributed by atoms with Gasteiger partial charge in [-0.05, 0) is 30.4 Å². The highest BCUT2D eigenvalue weighted by Gasteiger charge is 1.92. The minimum atomic E-state index is 0.923. The van der Waals surface area contributed by atoms with E-state index < -0.39 is 0 Å². The first-order chi connectivity index (χ1) is 5.36. The summed E-state index contributed by atoms with van der Waals surface area (Å²) in [4.78, 5) is 0. The van der Waals surface area contributed by atoms with Crippen LogP contribution >= 0.6 is 0 Å². The summed E-state index contributed by atoms with van der Waals surface area (Å²) >= 11 is 0. The van der Waals surface area contributed by atoms with E-state index in [1.54, 1.807) is 0 Å². The molecule has 58 valence electrons. The molecule has 0 aromatic heterocycles. The van der Waals surface area contributed by atoms with Crippen LogP contribution in [0.15, 0.2) is 23.5 Å². The first-order valence-corrected chi connectivity index (χ1v) is 3.64. The van der Waals surface area contributed by atoms with Gasteiger partial charge in [0.25, 0.3) is 0 Å². The third-order valence-electron chi connectivity index (χ3n) is 1.51. The SMILES string of the molecule is CNC1=CCC=C(NC)C#C1. The minimum absolute atomic E-state index is 0.923. The molecule has 0 aromatic carbocycles. The Morgan fingerprint density at radius 1 is 1.09 bits per heavy atom. The lowest BCUT2D eigenvalue weighted by Crippen LogP contribution is -2.04. The Morgan fingerprint density at radius 2 is 1.55 bits per heavy atom. The van der Waals surface area contributed by atoms with Crippen LogP contribution in [0.25, 0.3) is 0 Å². The molecule has 0 radical (unpaired) electrons.